The van der Waals surface area contributed by atoms with Gasteiger partial charge in [-0.2, -0.15) is 4.98 Å². The van der Waals surface area contributed by atoms with E-state index in [0.29, 0.717) is 29.2 Å². The molecular weight excluding hydrogens is 271 g/mol. The first-order chi connectivity index (χ1) is 9.16. The minimum absolute atomic E-state index is 0.300. The second kappa shape index (κ2) is 4.62. The van der Waals surface area contributed by atoms with Gasteiger partial charge < -0.3 is 9.09 Å². The van der Waals surface area contributed by atoms with Gasteiger partial charge in [0.2, 0.25) is 6.39 Å². The zero-order chi connectivity index (χ0) is 13.4. The minimum Gasteiger partial charge on any atom is -0.343 e. The predicted molar refractivity (Wildman–Crippen MR) is 67.4 cm³/mol. The van der Waals surface area contributed by atoms with E-state index in [1.54, 1.807) is 23.6 Å². The summed E-state index contributed by atoms with van der Waals surface area (Å²) < 4.78 is 20.2. The van der Waals surface area contributed by atoms with Crippen LogP contribution in [0.2, 0.25) is 0 Å². The van der Waals surface area contributed by atoms with Gasteiger partial charge >= 0.3 is 0 Å². The summed E-state index contributed by atoms with van der Waals surface area (Å²) >= 11 is 6.10. The monoisotopic (exact) mass is 280 g/mol. The molecule has 19 heavy (non-hydrogen) atoms. The van der Waals surface area contributed by atoms with Gasteiger partial charge in [0.15, 0.2) is 11.6 Å². The molecule has 1 unspecified atom stereocenters. The van der Waals surface area contributed by atoms with Crippen molar-refractivity contribution in [3.05, 3.63) is 42.1 Å². The molecule has 5 nitrogen and oxygen atoms in total. The number of halogens is 2. The second-order valence-corrected chi connectivity index (χ2v) is 4.78. The first kappa shape index (κ1) is 12.1. The van der Waals surface area contributed by atoms with E-state index in [9.17, 15) is 4.39 Å². The number of rotatable bonds is 3. The third-order valence-corrected chi connectivity index (χ3v) is 3.02. The van der Waals surface area contributed by atoms with Crippen LogP contribution in [-0.2, 0) is 6.54 Å². The standard InChI is InChI=1S/C12H10ClFN4O/c1-7(13)12-16-11-8(14)3-2-4-9(11)18(12)5-10-15-6-19-17-10/h2-4,6-7H,5H2,1H3. The molecule has 0 saturated heterocycles. The van der Waals surface area contributed by atoms with Crippen LogP contribution in [0.4, 0.5) is 4.39 Å². The van der Waals surface area contributed by atoms with Crippen molar-refractivity contribution in [3.63, 3.8) is 0 Å². The maximum atomic E-state index is 13.8. The Kier molecular flexibility index (Phi) is 2.94. The van der Waals surface area contributed by atoms with E-state index in [4.69, 9.17) is 16.1 Å². The largest absolute Gasteiger partial charge is 0.343 e. The molecule has 2 aromatic heterocycles. The summed E-state index contributed by atoms with van der Waals surface area (Å²) in [6.07, 6.45) is 1.25. The highest BCUT2D eigenvalue weighted by Gasteiger charge is 2.18. The number of hydrogen-bond donors (Lipinski definition) is 0. The third kappa shape index (κ3) is 2.08. The van der Waals surface area contributed by atoms with E-state index < -0.39 is 0 Å². The van der Waals surface area contributed by atoms with E-state index in [1.807, 2.05) is 0 Å². The fourth-order valence-corrected chi connectivity index (χ4v) is 2.17. The SMILES string of the molecule is CC(Cl)c1nc2c(F)cccc2n1Cc1ncon1. The molecule has 0 amide bonds. The molecule has 0 radical (unpaired) electrons. The third-order valence-electron chi connectivity index (χ3n) is 2.82. The molecule has 0 bridgehead atoms. The number of benzene rings is 1. The van der Waals surface area contributed by atoms with Crippen molar-refractivity contribution < 1.29 is 8.91 Å². The van der Waals surface area contributed by atoms with Gasteiger partial charge in [0, 0.05) is 0 Å². The highest BCUT2D eigenvalue weighted by molar-refractivity contribution is 6.20. The number of aromatic nitrogens is 4. The lowest BCUT2D eigenvalue weighted by atomic mass is 10.3. The highest BCUT2D eigenvalue weighted by Crippen LogP contribution is 2.26. The summed E-state index contributed by atoms with van der Waals surface area (Å²) in [7, 11) is 0. The number of hydrogen-bond acceptors (Lipinski definition) is 4. The van der Waals surface area contributed by atoms with Crippen LogP contribution in [0.25, 0.3) is 11.0 Å². The Morgan fingerprint density at radius 1 is 1.47 bits per heavy atom. The van der Waals surface area contributed by atoms with Crippen LogP contribution in [0.1, 0.15) is 23.9 Å². The Labute approximate surface area is 113 Å². The van der Waals surface area contributed by atoms with E-state index in [0.717, 1.165) is 0 Å². The fourth-order valence-electron chi connectivity index (χ4n) is 2.00. The average molecular weight is 281 g/mol. The molecule has 0 aliphatic rings. The van der Waals surface area contributed by atoms with Gasteiger partial charge in [-0.15, -0.1) is 11.6 Å². The Balaban J connectivity index is 2.19. The Morgan fingerprint density at radius 3 is 3.00 bits per heavy atom. The maximum Gasteiger partial charge on any atom is 0.213 e. The Bertz CT molecular complexity index is 708. The van der Waals surface area contributed by atoms with Crippen molar-refractivity contribution >= 4 is 22.6 Å². The normalized spacial score (nSPS) is 13.0. The van der Waals surface area contributed by atoms with E-state index >= 15 is 0 Å². The summed E-state index contributed by atoms with van der Waals surface area (Å²) in [5.74, 6) is 0.691. The van der Waals surface area contributed by atoms with Gasteiger partial charge in [0.1, 0.15) is 11.3 Å². The van der Waals surface area contributed by atoms with Crippen LogP contribution in [0, 0.1) is 5.82 Å². The molecule has 0 saturated carbocycles. The van der Waals surface area contributed by atoms with Crippen LogP contribution in [0.5, 0.6) is 0 Å². The Hall–Kier alpha value is -1.95. The summed E-state index contributed by atoms with van der Waals surface area (Å²) in [6.45, 7) is 2.12. The van der Waals surface area contributed by atoms with Crippen LogP contribution in [-0.4, -0.2) is 19.7 Å². The zero-order valence-electron chi connectivity index (χ0n) is 10.0. The van der Waals surface area contributed by atoms with Gasteiger partial charge in [-0.25, -0.2) is 9.37 Å². The Morgan fingerprint density at radius 2 is 2.32 bits per heavy atom. The molecule has 0 N–H and O–H groups in total. The minimum atomic E-state index is -0.372. The van der Waals surface area contributed by atoms with Crippen molar-refractivity contribution in [2.45, 2.75) is 18.8 Å². The lowest BCUT2D eigenvalue weighted by molar-refractivity contribution is 0.408. The number of alkyl halides is 1. The quantitative estimate of drug-likeness (QED) is 0.692. The fraction of sp³-hybridized carbons (Fsp3) is 0.250. The maximum absolute atomic E-state index is 13.8. The molecule has 0 aliphatic heterocycles. The number of nitrogens with zero attached hydrogens (tertiary/aromatic N) is 4. The van der Waals surface area contributed by atoms with Gasteiger partial charge in [-0.3, -0.25) is 0 Å². The van der Waals surface area contributed by atoms with Crippen molar-refractivity contribution in [2.75, 3.05) is 0 Å². The molecule has 2 heterocycles. The molecule has 3 aromatic rings. The second-order valence-electron chi connectivity index (χ2n) is 4.13. The zero-order valence-corrected chi connectivity index (χ0v) is 10.8. The topological polar surface area (TPSA) is 56.7 Å². The van der Waals surface area contributed by atoms with Crippen molar-refractivity contribution in [2.24, 2.45) is 0 Å². The summed E-state index contributed by atoms with van der Waals surface area (Å²) in [6, 6.07) is 4.79. The molecule has 0 aliphatic carbocycles. The number of para-hydroxylation sites is 1. The van der Waals surface area contributed by atoms with Crippen LogP contribution in [0.15, 0.2) is 29.1 Å². The number of fused-ring (bicyclic) bond motifs is 1. The summed E-state index contributed by atoms with van der Waals surface area (Å²) in [5, 5.41) is 3.40. The molecule has 1 aromatic carbocycles. The number of imidazole rings is 1. The summed E-state index contributed by atoms with van der Waals surface area (Å²) in [5.41, 5.74) is 0.959. The van der Waals surface area contributed by atoms with Gasteiger partial charge in [-0.1, -0.05) is 11.2 Å². The van der Waals surface area contributed by atoms with Crippen molar-refractivity contribution in [1.29, 1.82) is 0 Å². The molecular formula is C12H10ClFN4O. The highest BCUT2D eigenvalue weighted by atomic mass is 35.5. The van der Waals surface area contributed by atoms with Crippen LogP contribution in [0.3, 0.4) is 0 Å². The van der Waals surface area contributed by atoms with Gasteiger partial charge in [0.05, 0.1) is 17.4 Å². The molecule has 0 fully saturated rings. The lowest BCUT2D eigenvalue weighted by Crippen LogP contribution is -2.06. The van der Waals surface area contributed by atoms with Gasteiger partial charge in [0.25, 0.3) is 0 Å². The van der Waals surface area contributed by atoms with Crippen LogP contribution < -0.4 is 0 Å². The molecule has 1 atom stereocenters. The molecule has 0 spiro atoms. The van der Waals surface area contributed by atoms with Crippen molar-refractivity contribution in [3.8, 4) is 0 Å². The first-order valence-corrected chi connectivity index (χ1v) is 6.14. The summed E-state index contributed by atoms with van der Waals surface area (Å²) in [4.78, 5) is 8.22. The average Bonchev–Trinajstić information content (AvgIpc) is 2.99. The smallest absolute Gasteiger partial charge is 0.213 e. The first-order valence-electron chi connectivity index (χ1n) is 5.71. The molecule has 98 valence electrons. The molecule has 3 rings (SSSR count). The van der Waals surface area contributed by atoms with E-state index in [1.165, 1.54) is 12.5 Å². The van der Waals surface area contributed by atoms with Crippen LogP contribution >= 0.6 is 11.6 Å². The van der Waals surface area contributed by atoms with Crippen molar-refractivity contribution in [1.82, 2.24) is 19.7 Å². The van der Waals surface area contributed by atoms with Gasteiger partial charge in [-0.05, 0) is 19.1 Å². The predicted octanol–water partition coefficient (Wildman–Crippen LogP) is 2.91. The van der Waals surface area contributed by atoms with E-state index in [-0.39, 0.29) is 11.2 Å². The lowest BCUT2D eigenvalue weighted by Gasteiger charge is -2.07. The van der Waals surface area contributed by atoms with E-state index in [2.05, 4.69) is 15.1 Å². The molecule has 7 heteroatoms.